The number of halogens is 1. The molecule has 0 saturated carbocycles. The number of ether oxygens (including phenoxy) is 1. The van der Waals surface area contributed by atoms with Gasteiger partial charge >= 0.3 is 6.09 Å². The predicted molar refractivity (Wildman–Crippen MR) is 91.3 cm³/mol. The number of hydrogen-bond donors (Lipinski definition) is 2. The Balaban J connectivity index is 1.75. The Morgan fingerprint density at radius 1 is 1.40 bits per heavy atom. The number of hydrogen-bond acceptors (Lipinski definition) is 5. The molecule has 0 unspecified atom stereocenters. The number of anilines is 1. The van der Waals surface area contributed by atoms with E-state index in [1.54, 1.807) is 39.0 Å². The Morgan fingerprint density at radius 3 is 2.80 bits per heavy atom. The Kier molecular flexibility index (Phi) is 4.47. The fourth-order valence-electron chi connectivity index (χ4n) is 2.68. The molecule has 1 aromatic carbocycles. The van der Waals surface area contributed by atoms with Gasteiger partial charge in [-0.05, 0) is 39.0 Å². The first kappa shape index (κ1) is 17.3. The first-order valence-electron chi connectivity index (χ1n) is 8.12. The number of carbonyl (C=O) groups excluding carboxylic acids is 2. The van der Waals surface area contributed by atoms with Gasteiger partial charge in [-0.25, -0.2) is 9.18 Å². The molecule has 0 radical (unpaired) electrons. The Morgan fingerprint density at radius 2 is 2.16 bits per heavy atom. The number of fused-ring (bicyclic) bond motifs is 1. The topological polar surface area (TPSA) is 85.2 Å². The summed E-state index contributed by atoms with van der Waals surface area (Å²) in [4.78, 5) is 24.3. The van der Waals surface area contributed by atoms with Crippen LogP contribution in [0.4, 0.5) is 14.9 Å². The summed E-state index contributed by atoms with van der Waals surface area (Å²) in [5, 5.41) is 10.3. The van der Waals surface area contributed by atoms with Crippen LogP contribution in [0.5, 0.6) is 0 Å². The van der Waals surface area contributed by atoms with Crippen molar-refractivity contribution in [3.05, 3.63) is 24.4 Å². The molecule has 0 bridgehead atoms. The molecule has 0 aliphatic carbocycles. The molecule has 2 aromatic rings. The van der Waals surface area contributed by atoms with Crippen molar-refractivity contribution >= 4 is 28.6 Å². The number of benzene rings is 1. The van der Waals surface area contributed by atoms with Gasteiger partial charge in [-0.3, -0.25) is 4.79 Å². The second-order valence-corrected chi connectivity index (χ2v) is 7.09. The maximum Gasteiger partial charge on any atom is 0.435 e. The average molecular weight is 348 g/mol. The van der Waals surface area contributed by atoms with Crippen LogP contribution in [0.15, 0.2) is 24.4 Å². The van der Waals surface area contributed by atoms with Crippen molar-refractivity contribution in [2.24, 2.45) is 0 Å². The number of rotatable bonds is 2. The van der Waals surface area contributed by atoms with Gasteiger partial charge in [-0.15, -0.1) is 0 Å². The summed E-state index contributed by atoms with van der Waals surface area (Å²) in [6, 6.07) is 4.53. The van der Waals surface area contributed by atoms with Gasteiger partial charge in [0, 0.05) is 24.0 Å². The molecule has 1 fully saturated rings. The van der Waals surface area contributed by atoms with Crippen LogP contribution in [0.3, 0.4) is 0 Å². The highest BCUT2D eigenvalue weighted by atomic mass is 19.1. The number of nitrogens with one attached hydrogen (secondary N) is 2. The van der Waals surface area contributed by atoms with Crippen LogP contribution in [0.1, 0.15) is 27.2 Å². The molecular weight excluding hydrogens is 327 g/mol. The monoisotopic (exact) mass is 348 g/mol. The molecule has 0 spiro atoms. The molecule has 1 aromatic heterocycles. The van der Waals surface area contributed by atoms with Crippen molar-refractivity contribution in [1.29, 1.82) is 0 Å². The van der Waals surface area contributed by atoms with E-state index >= 15 is 0 Å². The lowest BCUT2D eigenvalue weighted by Gasteiger charge is -2.19. The van der Waals surface area contributed by atoms with Gasteiger partial charge in [0.05, 0.1) is 17.8 Å². The molecular formula is C17H21FN4O3. The summed E-state index contributed by atoms with van der Waals surface area (Å²) >= 11 is 0. The maximum absolute atomic E-state index is 13.2. The van der Waals surface area contributed by atoms with Crippen LogP contribution in [0, 0.1) is 0 Å². The molecule has 1 amide bonds. The first-order valence-corrected chi connectivity index (χ1v) is 8.12. The zero-order chi connectivity index (χ0) is 18.2. The van der Waals surface area contributed by atoms with Gasteiger partial charge < -0.3 is 15.4 Å². The lowest BCUT2D eigenvalue weighted by atomic mass is 10.2. The van der Waals surface area contributed by atoms with Crippen molar-refractivity contribution in [2.75, 3.05) is 11.9 Å². The van der Waals surface area contributed by atoms with E-state index in [4.69, 9.17) is 4.74 Å². The molecule has 1 saturated heterocycles. The fraction of sp³-hybridized carbons (Fsp3) is 0.471. The minimum atomic E-state index is -0.995. The molecule has 134 valence electrons. The molecule has 3 rings (SSSR count). The van der Waals surface area contributed by atoms with E-state index in [-0.39, 0.29) is 18.9 Å². The summed E-state index contributed by atoms with van der Waals surface area (Å²) in [7, 11) is 0. The number of alkyl halides is 1. The fourth-order valence-corrected chi connectivity index (χ4v) is 2.68. The third-order valence-corrected chi connectivity index (χ3v) is 3.80. The van der Waals surface area contributed by atoms with Crippen LogP contribution in [0.2, 0.25) is 0 Å². The molecule has 7 nitrogen and oxygen atoms in total. The van der Waals surface area contributed by atoms with Crippen LogP contribution >= 0.6 is 0 Å². The van der Waals surface area contributed by atoms with Gasteiger partial charge in [0.2, 0.25) is 5.91 Å². The second kappa shape index (κ2) is 6.44. The molecule has 25 heavy (non-hydrogen) atoms. The average Bonchev–Trinajstić information content (AvgIpc) is 3.11. The molecule has 2 heterocycles. The number of aromatic nitrogens is 2. The highest BCUT2D eigenvalue weighted by Crippen LogP contribution is 2.21. The van der Waals surface area contributed by atoms with E-state index in [1.165, 1.54) is 10.9 Å². The molecule has 1 aliphatic heterocycles. The van der Waals surface area contributed by atoms with Gasteiger partial charge in [0.1, 0.15) is 11.8 Å². The standard InChI is InChI=1S/C17H21FN4O3/c1-17(2,3)25-16(24)22-14-5-4-12(6-10(14)8-20-22)21-15(23)13-7-11(18)9-19-13/h4-6,8,11,13,19H,7,9H2,1-3H3,(H,21,23)/t11-,13-/m1/s1. The first-order chi connectivity index (χ1) is 11.7. The van der Waals surface area contributed by atoms with Gasteiger partial charge in [-0.2, -0.15) is 9.78 Å². The molecule has 1 aliphatic rings. The van der Waals surface area contributed by atoms with Crippen molar-refractivity contribution in [1.82, 2.24) is 15.1 Å². The van der Waals surface area contributed by atoms with Crippen molar-refractivity contribution in [3.8, 4) is 0 Å². The van der Waals surface area contributed by atoms with E-state index in [2.05, 4.69) is 15.7 Å². The third-order valence-electron chi connectivity index (χ3n) is 3.80. The second-order valence-electron chi connectivity index (χ2n) is 7.09. The minimum absolute atomic E-state index is 0.171. The van der Waals surface area contributed by atoms with E-state index in [0.29, 0.717) is 16.6 Å². The zero-order valence-corrected chi connectivity index (χ0v) is 14.4. The summed E-state index contributed by atoms with van der Waals surface area (Å²) in [6.45, 7) is 5.54. The van der Waals surface area contributed by atoms with Crippen molar-refractivity contribution in [3.63, 3.8) is 0 Å². The highest BCUT2D eigenvalue weighted by molar-refractivity contribution is 5.97. The summed E-state index contributed by atoms with van der Waals surface area (Å²) < 4.78 is 19.7. The van der Waals surface area contributed by atoms with E-state index in [9.17, 15) is 14.0 Å². The number of carbonyl (C=O) groups is 2. The molecule has 2 atom stereocenters. The summed E-state index contributed by atoms with van der Waals surface area (Å²) in [5.74, 6) is -0.279. The normalized spacial score (nSPS) is 20.6. The highest BCUT2D eigenvalue weighted by Gasteiger charge is 2.29. The van der Waals surface area contributed by atoms with Gasteiger partial charge in [-0.1, -0.05) is 0 Å². The lowest BCUT2D eigenvalue weighted by Crippen LogP contribution is -2.35. The lowest BCUT2D eigenvalue weighted by molar-refractivity contribution is -0.117. The van der Waals surface area contributed by atoms with Crippen LogP contribution < -0.4 is 10.6 Å². The molecule has 2 N–H and O–H groups in total. The zero-order valence-electron chi connectivity index (χ0n) is 14.4. The largest absolute Gasteiger partial charge is 0.442 e. The Bertz CT molecular complexity index is 812. The van der Waals surface area contributed by atoms with E-state index in [1.807, 2.05) is 0 Å². The summed E-state index contributed by atoms with van der Waals surface area (Å²) in [5.41, 5.74) is 0.520. The number of nitrogens with zero attached hydrogens (tertiary/aromatic N) is 2. The van der Waals surface area contributed by atoms with Crippen LogP contribution in [-0.4, -0.2) is 46.1 Å². The van der Waals surface area contributed by atoms with E-state index < -0.39 is 23.9 Å². The van der Waals surface area contributed by atoms with Crippen LogP contribution in [-0.2, 0) is 9.53 Å². The van der Waals surface area contributed by atoms with E-state index in [0.717, 1.165) is 0 Å². The maximum atomic E-state index is 13.2. The van der Waals surface area contributed by atoms with Crippen molar-refractivity contribution in [2.45, 2.75) is 45.0 Å². The number of amides is 1. The van der Waals surface area contributed by atoms with Gasteiger partial charge in [0.25, 0.3) is 0 Å². The Labute approximate surface area is 144 Å². The van der Waals surface area contributed by atoms with Gasteiger partial charge in [0.15, 0.2) is 0 Å². The summed E-state index contributed by atoms with van der Waals surface area (Å²) in [6.07, 6.45) is 0.138. The SMILES string of the molecule is CC(C)(C)OC(=O)n1ncc2cc(NC(=O)[C@H]3C[C@@H](F)CN3)ccc21. The smallest absolute Gasteiger partial charge is 0.435 e. The predicted octanol–water partition coefficient (Wildman–Crippen LogP) is 2.46. The third kappa shape index (κ3) is 3.96. The Hall–Kier alpha value is -2.48. The minimum Gasteiger partial charge on any atom is -0.442 e. The van der Waals surface area contributed by atoms with Crippen molar-refractivity contribution < 1.29 is 18.7 Å². The van der Waals surface area contributed by atoms with Crippen LogP contribution in [0.25, 0.3) is 10.9 Å². The molecule has 8 heteroatoms. The quantitative estimate of drug-likeness (QED) is 0.871.